The average Bonchev–Trinajstić information content (AvgIpc) is 4.58. The Morgan fingerprint density at radius 1 is 0.330 bits per heavy atom. The Kier molecular flexibility index (Phi) is 64.8. The molecule has 12 rings (SSSR count). The van der Waals surface area contributed by atoms with E-state index in [-0.39, 0.29) is 20.8 Å². The number of hydrogen-bond donors (Lipinski definition) is 0. The molecule has 0 atom stereocenters. The van der Waals surface area contributed by atoms with Gasteiger partial charge >= 0.3 is 0 Å². The number of benzene rings is 6. The number of amides is 1. The summed E-state index contributed by atoms with van der Waals surface area (Å²) >= 11 is 0. The van der Waals surface area contributed by atoms with Crippen molar-refractivity contribution < 1.29 is 13.6 Å². The number of carbonyl (C=O) groups excluding carboxylic acids is 1. The van der Waals surface area contributed by atoms with Crippen molar-refractivity contribution in [2.75, 3.05) is 7.05 Å². The van der Waals surface area contributed by atoms with E-state index in [1.165, 1.54) is 85.2 Å². The molecule has 0 saturated heterocycles. The van der Waals surface area contributed by atoms with Gasteiger partial charge in [0.2, 0.25) is 0 Å². The van der Waals surface area contributed by atoms with Crippen LogP contribution < -0.4 is 0 Å². The van der Waals surface area contributed by atoms with Crippen LogP contribution in [0.1, 0.15) is 234 Å². The maximum absolute atomic E-state index is 11.4. The van der Waals surface area contributed by atoms with E-state index >= 15 is 0 Å². The van der Waals surface area contributed by atoms with Gasteiger partial charge in [-0.25, -0.2) is 0 Å². The van der Waals surface area contributed by atoms with E-state index in [1.807, 2.05) is 209 Å². The molecule has 496 valence electrons. The molecule has 1 aliphatic heterocycles. The number of fused-ring (bicyclic) bond motifs is 6. The van der Waals surface area contributed by atoms with Crippen molar-refractivity contribution in [3.63, 3.8) is 0 Å². The fourth-order valence-electron chi connectivity index (χ4n) is 8.22. The smallest absolute Gasteiger partial charge is 0.254 e. The number of aryl methyl sites for hydroxylation is 10. The minimum atomic E-state index is 0. The van der Waals surface area contributed by atoms with Gasteiger partial charge in [-0.3, -0.25) is 4.79 Å². The molecule has 10 aromatic rings. The van der Waals surface area contributed by atoms with Crippen molar-refractivity contribution in [3.05, 3.63) is 214 Å². The zero-order valence-electron chi connectivity index (χ0n) is 60.9. The first-order valence-electron chi connectivity index (χ1n) is 33.2. The molecule has 6 heteroatoms. The first-order chi connectivity index (χ1) is 41.8. The van der Waals surface area contributed by atoms with E-state index in [0.717, 1.165) is 28.8 Å². The molecule has 1 aliphatic carbocycles. The third-order valence-corrected chi connectivity index (χ3v) is 11.8. The normalized spacial score (nSPS) is 9.62. The summed E-state index contributed by atoms with van der Waals surface area (Å²) in [7, 11) is 5.97. The van der Waals surface area contributed by atoms with E-state index in [0.29, 0.717) is 0 Å². The second-order valence-corrected chi connectivity index (χ2v) is 17.3. The molecule has 0 radical (unpaired) electrons. The highest BCUT2D eigenvalue weighted by molar-refractivity contribution is 5.98. The third-order valence-electron chi connectivity index (χ3n) is 11.8. The van der Waals surface area contributed by atoms with Crippen LogP contribution in [-0.4, -0.2) is 27.0 Å². The van der Waals surface area contributed by atoms with Gasteiger partial charge in [0.1, 0.15) is 11.2 Å². The highest BCUT2D eigenvalue weighted by Crippen LogP contribution is 2.24. The minimum absolute atomic E-state index is 0. The topological polar surface area (TPSA) is 56.5 Å². The van der Waals surface area contributed by atoms with E-state index in [9.17, 15) is 4.79 Å². The van der Waals surface area contributed by atoms with Gasteiger partial charge in [-0.05, 0) is 166 Å². The van der Waals surface area contributed by atoms with Gasteiger partial charge in [0.05, 0.1) is 12.5 Å². The molecule has 5 heterocycles. The molecule has 2 aliphatic rings. The molecule has 0 bridgehead atoms. The van der Waals surface area contributed by atoms with E-state index in [2.05, 4.69) is 161 Å². The van der Waals surface area contributed by atoms with Crippen molar-refractivity contribution in [1.29, 1.82) is 0 Å². The molecular weight excluding hydrogens is 1070 g/mol. The fourth-order valence-corrected chi connectivity index (χ4v) is 8.22. The van der Waals surface area contributed by atoms with Gasteiger partial charge in [0.25, 0.3) is 5.91 Å². The number of hydrogen-bond acceptors (Lipinski definition) is 3. The van der Waals surface area contributed by atoms with Crippen LogP contribution >= 0.6 is 0 Å². The summed E-state index contributed by atoms with van der Waals surface area (Å²) in [4.78, 5) is 13.2. The Balaban J connectivity index is -0.000000167. The molecule has 0 N–H and O–H groups in total. The zero-order valence-corrected chi connectivity index (χ0v) is 60.9. The van der Waals surface area contributed by atoms with Gasteiger partial charge in [-0.1, -0.05) is 256 Å². The van der Waals surface area contributed by atoms with Crippen LogP contribution in [0.25, 0.3) is 43.7 Å². The number of rotatable bonds is 0. The van der Waals surface area contributed by atoms with Crippen molar-refractivity contribution in [2.45, 2.75) is 235 Å². The SMILES string of the molecule is C.C.CC.CC.CC.CC.CC.CC.CC.CC.CC.CC.CC.Cc1ccc2c(c1)CCC2.Cc1ccc2c(c1)CN(C)C2=O.Cc1ccc2c(ccn2C)c1.Cc1ccc2ccn(C)c2c1.Cc1ccc2ccoc2c1.Cc1ccc2occc2c1. The molecule has 88 heavy (non-hydrogen) atoms. The maximum Gasteiger partial charge on any atom is 0.254 e. The Labute approximate surface area is 544 Å². The van der Waals surface area contributed by atoms with Crippen molar-refractivity contribution in [2.24, 2.45) is 14.1 Å². The Hall–Kier alpha value is -7.05. The lowest BCUT2D eigenvalue weighted by molar-refractivity contribution is 0.0816. The Morgan fingerprint density at radius 2 is 0.716 bits per heavy atom. The second-order valence-electron chi connectivity index (χ2n) is 17.3. The Morgan fingerprint density at radius 3 is 1.27 bits per heavy atom. The van der Waals surface area contributed by atoms with Crippen LogP contribution in [0.5, 0.6) is 0 Å². The van der Waals surface area contributed by atoms with Crippen LogP contribution in [0.15, 0.2) is 167 Å². The average molecular weight is 1210 g/mol. The van der Waals surface area contributed by atoms with Gasteiger partial charge in [0, 0.05) is 67.5 Å². The van der Waals surface area contributed by atoms with Crippen LogP contribution in [0.3, 0.4) is 0 Å². The largest absolute Gasteiger partial charge is 0.464 e. The molecule has 4 aromatic heterocycles. The monoisotopic (exact) mass is 1210 g/mol. The molecular formula is C82H135N3O3. The predicted molar refractivity (Wildman–Crippen MR) is 406 cm³/mol. The third kappa shape index (κ3) is 33.9. The molecule has 0 unspecified atom stereocenters. The van der Waals surface area contributed by atoms with Crippen LogP contribution in [0.2, 0.25) is 0 Å². The van der Waals surface area contributed by atoms with Gasteiger partial charge in [-0.15, -0.1) is 0 Å². The number of nitrogens with zero attached hydrogens (tertiary/aromatic N) is 3. The first kappa shape index (κ1) is 94.6. The second kappa shape index (κ2) is 60.2. The van der Waals surface area contributed by atoms with Gasteiger partial charge in [-0.2, -0.15) is 0 Å². The minimum Gasteiger partial charge on any atom is -0.464 e. The lowest BCUT2D eigenvalue weighted by Crippen LogP contribution is -2.17. The summed E-state index contributed by atoms with van der Waals surface area (Å²) in [5.41, 5.74) is 17.5. The van der Waals surface area contributed by atoms with E-state index in [4.69, 9.17) is 8.83 Å². The summed E-state index contributed by atoms with van der Waals surface area (Å²) in [6.45, 7) is 57.3. The maximum atomic E-state index is 11.4. The lowest BCUT2D eigenvalue weighted by Gasteiger charge is -2.04. The number of carbonyl (C=O) groups is 1. The van der Waals surface area contributed by atoms with Crippen LogP contribution in [0, 0.1) is 41.5 Å². The zero-order chi connectivity index (χ0) is 67.3. The number of furan rings is 2. The summed E-state index contributed by atoms with van der Waals surface area (Å²) in [6, 6.07) is 46.3. The molecule has 6 aromatic carbocycles. The quantitative estimate of drug-likeness (QED) is 0.152. The first-order valence-corrected chi connectivity index (χ1v) is 33.2. The molecule has 1 amide bonds. The predicted octanol–water partition coefficient (Wildman–Crippen LogP) is 27.1. The molecule has 0 fully saturated rings. The van der Waals surface area contributed by atoms with Crippen molar-refractivity contribution in [3.8, 4) is 0 Å². The van der Waals surface area contributed by atoms with Gasteiger partial charge < -0.3 is 22.9 Å². The van der Waals surface area contributed by atoms with Gasteiger partial charge in [0.15, 0.2) is 0 Å². The standard InChI is InChI=1S/C10H11NO.2C10H11N.C10H12.2C9H8O.11C2H6.2CH4/c1-7-3-4-9-8(5-7)6-11(2)10(9)12;1-8-3-4-10-9(7-8)5-6-11(10)2;1-8-3-4-9-5-6-11(2)10(9)7-8;1-8-5-6-9-3-2-4-10(9)7-8;1-7-2-3-9-8(6-7)4-5-10-9;1-7-2-3-8-4-5-10-9(8)6-7;11*1-2;;/h3-5H,6H2,1-2H3;2*3-7H,1-2H3;5-7H,2-4H2,1H3;2*2-6H,1H3;11*1-2H3;2*1H4. The summed E-state index contributed by atoms with van der Waals surface area (Å²) in [5.74, 6) is 0.144. The summed E-state index contributed by atoms with van der Waals surface area (Å²) < 4.78 is 14.6. The Bertz CT molecular complexity index is 3090. The summed E-state index contributed by atoms with van der Waals surface area (Å²) in [5, 5.41) is 5.00. The molecule has 6 nitrogen and oxygen atoms in total. The van der Waals surface area contributed by atoms with Crippen LogP contribution in [-0.2, 0) is 33.5 Å². The van der Waals surface area contributed by atoms with E-state index in [1.54, 1.807) is 28.6 Å². The molecule has 0 spiro atoms. The summed E-state index contributed by atoms with van der Waals surface area (Å²) in [6.07, 6.45) is 11.6. The van der Waals surface area contributed by atoms with Crippen molar-refractivity contribution in [1.82, 2.24) is 14.0 Å². The molecule has 0 saturated carbocycles. The van der Waals surface area contributed by atoms with E-state index < -0.39 is 0 Å². The van der Waals surface area contributed by atoms with Crippen molar-refractivity contribution >= 4 is 49.7 Å². The highest BCUT2D eigenvalue weighted by atomic mass is 16.3. The number of aromatic nitrogens is 2. The lowest BCUT2D eigenvalue weighted by atomic mass is 10.1. The fraction of sp³-hybridized carbons (Fsp3) is 0.451. The highest BCUT2D eigenvalue weighted by Gasteiger charge is 2.23. The van der Waals surface area contributed by atoms with Crippen LogP contribution in [0.4, 0.5) is 0 Å².